The number of pyridine rings is 1. The molecule has 4 heteroatoms. The maximum absolute atomic E-state index is 11.3. The first-order valence-electron chi connectivity index (χ1n) is 6.45. The van der Waals surface area contributed by atoms with Crippen LogP contribution in [0.5, 0.6) is 0 Å². The van der Waals surface area contributed by atoms with Crippen LogP contribution in [0.2, 0.25) is 0 Å². The Morgan fingerprint density at radius 3 is 2.43 bits per heavy atom. The lowest BCUT2D eigenvalue weighted by molar-refractivity contribution is -0.383. The number of rotatable bonds is 3. The first-order valence-corrected chi connectivity index (χ1v) is 6.45. The highest BCUT2D eigenvalue weighted by atomic mass is 16.6. The summed E-state index contributed by atoms with van der Waals surface area (Å²) < 4.78 is 0. The fraction of sp³-hybridized carbons (Fsp3) is 0. The zero-order valence-corrected chi connectivity index (χ0v) is 11.2. The van der Waals surface area contributed by atoms with E-state index in [9.17, 15) is 10.1 Å². The van der Waals surface area contributed by atoms with Gasteiger partial charge in [-0.1, -0.05) is 49.0 Å². The van der Waals surface area contributed by atoms with Gasteiger partial charge in [-0.3, -0.25) is 10.1 Å². The monoisotopic (exact) mass is 276 g/mol. The van der Waals surface area contributed by atoms with Gasteiger partial charge in [0.25, 0.3) is 5.69 Å². The third kappa shape index (κ3) is 2.39. The van der Waals surface area contributed by atoms with Crippen LogP contribution in [-0.2, 0) is 0 Å². The maximum atomic E-state index is 11.3. The molecule has 0 unspecified atom stereocenters. The van der Waals surface area contributed by atoms with Crippen LogP contribution in [0.4, 0.5) is 5.69 Å². The molecule has 3 rings (SSSR count). The summed E-state index contributed by atoms with van der Waals surface area (Å²) in [5.41, 5.74) is 2.73. The zero-order chi connectivity index (χ0) is 14.8. The molecule has 2 aromatic carbocycles. The summed E-state index contributed by atoms with van der Waals surface area (Å²) in [6.07, 6.45) is 0. The number of fused-ring (bicyclic) bond motifs is 1. The lowest BCUT2D eigenvalue weighted by atomic mass is 10.0. The topological polar surface area (TPSA) is 56.0 Å². The van der Waals surface area contributed by atoms with Gasteiger partial charge in [-0.15, -0.1) is 0 Å². The second-order valence-electron chi connectivity index (χ2n) is 4.65. The number of aromatic nitrogens is 1. The fourth-order valence-corrected chi connectivity index (χ4v) is 2.25. The summed E-state index contributed by atoms with van der Waals surface area (Å²) in [7, 11) is 0. The average molecular weight is 276 g/mol. The van der Waals surface area contributed by atoms with Crippen molar-refractivity contribution < 1.29 is 4.92 Å². The summed E-state index contributed by atoms with van der Waals surface area (Å²) in [6.45, 7) is 4.02. The summed E-state index contributed by atoms with van der Waals surface area (Å²) in [4.78, 5) is 15.4. The summed E-state index contributed by atoms with van der Waals surface area (Å²) in [5, 5.41) is 11.8. The van der Waals surface area contributed by atoms with E-state index >= 15 is 0 Å². The van der Waals surface area contributed by atoms with E-state index in [0.29, 0.717) is 22.2 Å². The Balaban J connectivity index is 2.20. The first-order chi connectivity index (χ1) is 10.2. The number of para-hydroxylation sites is 1. The molecule has 0 bridgehead atoms. The number of hydrogen-bond acceptors (Lipinski definition) is 3. The minimum Gasteiger partial charge on any atom is -0.258 e. The number of nitrogens with zero attached hydrogens (tertiary/aromatic N) is 2. The lowest BCUT2D eigenvalue weighted by Gasteiger charge is -2.07. The number of benzene rings is 2. The molecule has 0 saturated carbocycles. The second-order valence-corrected chi connectivity index (χ2v) is 4.65. The largest absolute Gasteiger partial charge is 0.280 e. The Hall–Kier alpha value is -3.01. The van der Waals surface area contributed by atoms with Gasteiger partial charge in [-0.25, -0.2) is 4.98 Å². The maximum Gasteiger partial charge on any atom is 0.280 e. The van der Waals surface area contributed by atoms with E-state index in [4.69, 9.17) is 0 Å². The van der Waals surface area contributed by atoms with Crippen molar-refractivity contribution in [3.63, 3.8) is 0 Å². The van der Waals surface area contributed by atoms with Gasteiger partial charge in [0.1, 0.15) is 0 Å². The van der Waals surface area contributed by atoms with Crippen LogP contribution in [0, 0.1) is 10.1 Å². The highest BCUT2D eigenvalue weighted by Crippen LogP contribution is 2.29. The molecule has 0 aliphatic rings. The molecule has 21 heavy (non-hydrogen) atoms. The average Bonchev–Trinajstić information content (AvgIpc) is 2.53. The third-order valence-electron chi connectivity index (χ3n) is 3.32. The molecule has 3 aromatic rings. The Morgan fingerprint density at radius 1 is 1.05 bits per heavy atom. The highest BCUT2D eigenvalue weighted by Gasteiger charge is 2.16. The fourth-order valence-electron chi connectivity index (χ4n) is 2.25. The van der Waals surface area contributed by atoms with E-state index in [0.717, 1.165) is 5.56 Å². The highest BCUT2D eigenvalue weighted by molar-refractivity contribution is 5.91. The van der Waals surface area contributed by atoms with Gasteiger partial charge in [0.05, 0.1) is 21.5 Å². The van der Waals surface area contributed by atoms with Gasteiger partial charge in [-0.05, 0) is 17.7 Å². The van der Waals surface area contributed by atoms with Crippen LogP contribution in [0.1, 0.15) is 11.3 Å². The van der Waals surface area contributed by atoms with Crippen LogP contribution in [0.3, 0.4) is 0 Å². The second kappa shape index (κ2) is 5.17. The van der Waals surface area contributed by atoms with Gasteiger partial charge in [0, 0.05) is 11.6 Å². The van der Waals surface area contributed by atoms with Gasteiger partial charge >= 0.3 is 0 Å². The first kappa shape index (κ1) is 13.0. The third-order valence-corrected chi connectivity index (χ3v) is 3.32. The molecule has 1 aromatic heterocycles. The van der Waals surface area contributed by atoms with Crippen LogP contribution >= 0.6 is 0 Å². The van der Waals surface area contributed by atoms with E-state index in [2.05, 4.69) is 11.6 Å². The molecule has 0 amide bonds. The SMILES string of the molecule is C=C(c1ccccc1)c1cc([N+](=O)[O-])c2ccccc2n1. The van der Waals surface area contributed by atoms with Crippen molar-refractivity contribution in [3.8, 4) is 0 Å². The van der Waals surface area contributed by atoms with E-state index in [1.807, 2.05) is 36.4 Å². The quantitative estimate of drug-likeness (QED) is 0.532. The molecule has 0 N–H and O–H groups in total. The van der Waals surface area contributed by atoms with Crippen molar-refractivity contribution in [2.45, 2.75) is 0 Å². The predicted molar refractivity (Wildman–Crippen MR) is 83.0 cm³/mol. The normalized spacial score (nSPS) is 10.5. The predicted octanol–water partition coefficient (Wildman–Crippen LogP) is 4.20. The van der Waals surface area contributed by atoms with Crippen molar-refractivity contribution in [1.29, 1.82) is 0 Å². The van der Waals surface area contributed by atoms with Crippen LogP contribution < -0.4 is 0 Å². The summed E-state index contributed by atoms with van der Waals surface area (Å²) >= 11 is 0. The summed E-state index contributed by atoms with van der Waals surface area (Å²) in [5.74, 6) is 0. The van der Waals surface area contributed by atoms with Crippen molar-refractivity contribution in [2.24, 2.45) is 0 Å². The number of nitro groups is 1. The molecule has 1 heterocycles. The van der Waals surface area contributed by atoms with Gasteiger partial charge in [0.2, 0.25) is 0 Å². The van der Waals surface area contributed by atoms with Crippen molar-refractivity contribution in [3.05, 3.63) is 88.6 Å². The molecule has 102 valence electrons. The smallest absolute Gasteiger partial charge is 0.258 e. The van der Waals surface area contributed by atoms with Crippen molar-refractivity contribution >= 4 is 22.2 Å². The van der Waals surface area contributed by atoms with Gasteiger partial charge in [0.15, 0.2) is 0 Å². The van der Waals surface area contributed by atoms with Crippen molar-refractivity contribution in [1.82, 2.24) is 4.98 Å². The molecule has 0 fully saturated rings. The molecular weight excluding hydrogens is 264 g/mol. The van der Waals surface area contributed by atoms with Crippen LogP contribution in [0.25, 0.3) is 16.5 Å². The molecule has 0 aliphatic carbocycles. The van der Waals surface area contributed by atoms with E-state index in [-0.39, 0.29) is 10.6 Å². The van der Waals surface area contributed by atoms with E-state index < -0.39 is 0 Å². The minimum atomic E-state index is -0.383. The molecule has 0 radical (unpaired) electrons. The van der Waals surface area contributed by atoms with Gasteiger partial charge in [-0.2, -0.15) is 0 Å². The Bertz CT molecular complexity index is 842. The Kier molecular flexibility index (Phi) is 3.20. The molecule has 0 spiro atoms. The standard InChI is InChI=1S/C17H12N2O2/c1-12(13-7-3-2-4-8-13)16-11-17(19(20)21)14-9-5-6-10-15(14)18-16/h2-11H,1H2. The van der Waals surface area contributed by atoms with Crippen molar-refractivity contribution in [2.75, 3.05) is 0 Å². The Morgan fingerprint density at radius 2 is 1.71 bits per heavy atom. The lowest BCUT2D eigenvalue weighted by Crippen LogP contribution is -1.96. The van der Waals surface area contributed by atoms with Crippen LogP contribution in [0.15, 0.2) is 67.2 Å². The van der Waals surface area contributed by atoms with Crippen LogP contribution in [-0.4, -0.2) is 9.91 Å². The molecule has 0 saturated heterocycles. The van der Waals surface area contributed by atoms with Gasteiger partial charge < -0.3 is 0 Å². The molecule has 4 nitrogen and oxygen atoms in total. The zero-order valence-electron chi connectivity index (χ0n) is 11.2. The molecule has 0 aliphatic heterocycles. The Labute approximate surface area is 121 Å². The minimum absolute atomic E-state index is 0.0488. The summed E-state index contributed by atoms with van der Waals surface area (Å²) in [6, 6.07) is 18.1. The molecular formula is C17H12N2O2. The van der Waals surface area contributed by atoms with E-state index in [1.54, 1.807) is 18.2 Å². The molecule has 0 atom stereocenters. The van der Waals surface area contributed by atoms with E-state index in [1.165, 1.54) is 6.07 Å². The number of hydrogen-bond donors (Lipinski definition) is 0.